The number of pyridine rings is 1. The van der Waals surface area contributed by atoms with Crippen LogP contribution in [-0.4, -0.2) is 33.9 Å². The number of halogens is 3. The predicted molar refractivity (Wildman–Crippen MR) is 126 cm³/mol. The van der Waals surface area contributed by atoms with Crippen LogP contribution < -0.4 is 5.56 Å². The Balaban J connectivity index is 1.75. The summed E-state index contributed by atoms with van der Waals surface area (Å²) in [6, 6.07) is 9.52. The second-order valence-corrected chi connectivity index (χ2v) is 8.77. The minimum absolute atomic E-state index is 0.113. The number of hydrogen-bond acceptors (Lipinski definition) is 4. The van der Waals surface area contributed by atoms with Crippen molar-refractivity contribution in [3.8, 4) is 0 Å². The van der Waals surface area contributed by atoms with Gasteiger partial charge in [-0.3, -0.25) is 9.59 Å². The lowest BCUT2D eigenvalue weighted by atomic mass is 10.00. The van der Waals surface area contributed by atoms with Gasteiger partial charge in [-0.2, -0.15) is 13.2 Å². The first-order valence-corrected chi connectivity index (χ1v) is 11.3. The molecule has 3 rings (SSSR count). The lowest BCUT2D eigenvalue weighted by Gasteiger charge is -2.14. The molecule has 1 saturated heterocycles. The molecular weight excluding hydrogens is 449 g/mol. The number of carbonyl (C=O) groups excluding carboxylic acids is 1. The largest absolute Gasteiger partial charge is 0.416 e. The topological polar surface area (TPSA) is 42.3 Å². The average Bonchev–Trinajstić information content (AvgIpc) is 3.29. The molecule has 0 amide bonds. The fourth-order valence-electron chi connectivity index (χ4n) is 3.47. The van der Waals surface area contributed by atoms with E-state index in [2.05, 4.69) is 10.9 Å². The van der Waals surface area contributed by atoms with Crippen LogP contribution >= 0.6 is 11.9 Å². The van der Waals surface area contributed by atoms with Gasteiger partial charge in [-0.1, -0.05) is 43.0 Å². The molecule has 8 heteroatoms. The fraction of sp³-hybridized carbons (Fsp3) is 0.280. The highest BCUT2D eigenvalue weighted by Gasteiger charge is 2.31. The summed E-state index contributed by atoms with van der Waals surface area (Å²) in [4.78, 5) is 25.9. The molecule has 174 valence electrons. The summed E-state index contributed by atoms with van der Waals surface area (Å²) in [5.74, 6) is -0.258. The van der Waals surface area contributed by atoms with Gasteiger partial charge in [0, 0.05) is 35.8 Å². The van der Waals surface area contributed by atoms with Crippen molar-refractivity contribution in [1.29, 1.82) is 0 Å². The van der Waals surface area contributed by atoms with E-state index in [0.717, 1.165) is 43.0 Å². The number of hydrogen-bond donors (Lipinski definition) is 0. The minimum Gasteiger partial charge on any atom is -0.307 e. The number of benzene rings is 1. The van der Waals surface area contributed by atoms with Crippen molar-refractivity contribution < 1.29 is 18.0 Å². The van der Waals surface area contributed by atoms with Gasteiger partial charge in [0.15, 0.2) is 5.78 Å². The molecule has 0 saturated carbocycles. The van der Waals surface area contributed by atoms with Crippen LogP contribution in [0.4, 0.5) is 13.2 Å². The summed E-state index contributed by atoms with van der Waals surface area (Å²) < 4.78 is 42.7. The van der Waals surface area contributed by atoms with Gasteiger partial charge >= 0.3 is 6.18 Å². The Morgan fingerprint density at radius 2 is 1.73 bits per heavy atom. The Labute approximate surface area is 195 Å². The molecule has 33 heavy (non-hydrogen) atoms. The number of rotatable bonds is 8. The quantitative estimate of drug-likeness (QED) is 0.271. The number of carbonyl (C=O) groups is 1. The van der Waals surface area contributed by atoms with E-state index in [9.17, 15) is 22.8 Å². The fourth-order valence-corrected chi connectivity index (χ4v) is 4.51. The average molecular weight is 475 g/mol. The second-order valence-electron chi connectivity index (χ2n) is 7.60. The molecule has 4 nitrogen and oxygen atoms in total. The van der Waals surface area contributed by atoms with E-state index >= 15 is 0 Å². The van der Waals surface area contributed by atoms with Crippen LogP contribution in [-0.2, 0) is 6.54 Å². The molecular formula is C25H25F3N2O2S. The van der Waals surface area contributed by atoms with Gasteiger partial charge in [-0.05, 0) is 55.0 Å². The van der Waals surface area contributed by atoms with E-state index in [0.29, 0.717) is 16.7 Å². The number of nitrogens with zero attached hydrogens (tertiary/aromatic N) is 2. The Morgan fingerprint density at radius 3 is 2.30 bits per heavy atom. The molecule has 0 atom stereocenters. The summed E-state index contributed by atoms with van der Waals surface area (Å²) in [5.41, 5.74) is 0.170. The highest BCUT2D eigenvalue weighted by molar-refractivity contribution is 7.97. The summed E-state index contributed by atoms with van der Waals surface area (Å²) >= 11 is 1.58. The summed E-state index contributed by atoms with van der Waals surface area (Å²) in [6.45, 7) is 6.75. The zero-order valence-electron chi connectivity index (χ0n) is 18.3. The van der Waals surface area contributed by atoms with E-state index in [1.807, 2.05) is 0 Å². The Morgan fingerprint density at radius 1 is 1.09 bits per heavy atom. The van der Waals surface area contributed by atoms with Crippen molar-refractivity contribution in [3.05, 3.63) is 94.5 Å². The van der Waals surface area contributed by atoms with Crippen LogP contribution in [0.2, 0.25) is 0 Å². The van der Waals surface area contributed by atoms with Gasteiger partial charge < -0.3 is 4.57 Å². The first-order valence-electron chi connectivity index (χ1n) is 10.6. The molecule has 0 spiro atoms. The maximum atomic E-state index is 13.0. The van der Waals surface area contributed by atoms with E-state index in [4.69, 9.17) is 0 Å². The molecule has 2 heterocycles. The third kappa shape index (κ3) is 6.58. The van der Waals surface area contributed by atoms with Crippen LogP contribution in [0, 0.1) is 0 Å². The molecule has 2 aromatic rings. The number of Topliss-reactive ketones (excluding diaryl/α,β-unsaturated/α-hetero) is 1. The second kappa shape index (κ2) is 10.9. The first-order chi connectivity index (χ1) is 15.7. The first kappa shape index (κ1) is 24.8. The van der Waals surface area contributed by atoms with E-state index in [-0.39, 0.29) is 17.9 Å². The smallest absolute Gasteiger partial charge is 0.307 e. The van der Waals surface area contributed by atoms with Crippen molar-refractivity contribution >= 4 is 23.3 Å². The van der Waals surface area contributed by atoms with Crippen LogP contribution in [0.25, 0.3) is 5.57 Å². The molecule has 0 aliphatic carbocycles. The molecule has 0 N–H and O–H groups in total. The zero-order valence-corrected chi connectivity index (χ0v) is 19.1. The molecule has 1 aromatic carbocycles. The van der Waals surface area contributed by atoms with E-state index in [1.54, 1.807) is 61.5 Å². The zero-order chi connectivity index (χ0) is 24.0. The van der Waals surface area contributed by atoms with Crippen LogP contribution in [0.3, 0.4) is 0 Å². The lowest BCUT2D eigenvalue weighted by molar-refractivity contribution is -0.0880. The molecule has 1 fully saturated rings. The van der Waals surface area contributed by atoms with Crippen molar-refractivity contribution in [2.75, 3.05) is 13.1 Å². The maximum Gasteiger partial charge on any atom is 0.416 e. The van der Waals surface area contributed by atoms with Gasteiger partial charge in [0.05, 0.1) is 12.1 Å². The van der Waals surface area contributed by atoms with Crippen molar-refractivity contribution in [2.24, 2.45) is 0 Å². The molecule has 1 aromatic heterocycles. The monoisotopic (exact) mass is 474 g/mol. The van der Waals surface area contributed by atoms with E-state index < -0.39 is 11.7 Å². The highest BCUT2D eigenvalue weighted by Crippen LogP contribution is 2.30. The number of alkyl halides is 3. The lowest BCUT2D eigenvalue weighted by Crippen LogP contribution is -2.23. The third-order valence-corrected chi connectivity index (χ3v) is 6.35. The van der Waals surface area contributed by atoms with Gasteiger partial charge in [0.25, 0.3) is 5.56 Å². The summed E-state index contributed by atoms with van der Waals surface area (Å²) in [6.07, 6.45) is 2.85. The molecule has 1 aliphatic rings. The normalized spacial score (nSPS) is 15.6. The number of ketones is 1. The third-order valence-electron chi connectivity index (χ3n) is 5.28. The molecule has 1 aliphatic heterocycles. The minimum atomic E-state index is -4.50. The van der Waals surface area contributed by atoms with Gasteiger partial charge in [0.1, 0.15) is 0 Å². The molecule has 0 bridgehead atoms. The van der Waals surface area contributed by atoms with Crippen LogP contribution in [0.5, 0.6) is 0 Å². The Kier molecular flexibility index (Phi) is 8.15. The Bertz CT molecular complexity index is 1130. The Hall–Kier alpha value is -2.84. The maximum absolute atomic E-state index is 13.0. The predicted octanol–water partition coefficient (Wildman–Crippen LogP) is 5.91. The number of allylic oxidation sites excluding steroid dienone is 5. The van der Waals surface area contributed by atoms with Crippen molar-refractivity contribution in [1.82, 2.24) is 8.87 Å². The van der Waals surface area contributed by atoms with Crippen molar-refractivity contribution in [3.63, 3.8) is 0 Å². The SMILES string of the molecule is C=C/C(=C\C(=C/C)c1ccc(C(=O)Cn2cc(SN3CCCC3)ccc2=O)cc1)C(F)(F)F. The standard InChI is InChI=1S/C25H25F3N2O2S/c1-3-18(15-21(4-2)25(26,27)28)19-7-9-20(10-8-19)23(31)17-29-16-22(11-12-24(29)32)33-30-13-5-6-14-30/h3-4,7-12,15-16H,2,5-6,13-14,17H2,1H3/b18-3+,21-15+. The summed E-state index contributed by atoms with van der Waals surface area (Å²) in [5, 5.41) is 0. The van der Waals surface area contributed by atoms with Crippen LogP contribution in [0.15, 0.2) is 82.7 Å². The molecule has 0 radical (unpaired) electrons. The van der Waals surface area contributed by atoms with Gasteiger partial charge in [-0.15, -0.1) is 0 Å². The molecule has 0 unspecified atom stereocenters. The van der Waals surface area contributed by atoms with Gasteiger partial charge in [-0.25, -0.2) is 4.31 Å². The number of aromatic nitrogens is 1. The van der Waals surface area contributed by atoms with Gasteiger partial charge in [0.2, 0.25) is 0 Å². The highest BCUT2D eigenvalue weighted by atomic mass is 32.2. The van der Waals surface area contributed by atoms with E-state index in [1.165, 1.54) is 10.6 Å². The summed E-state index contributed by atoms with van der Waals surface area (Å²) in [7, 11) is 0. The van der Waals surface area contributed by atoms with Crippen LogP contribution in [0.1, 0.15) is 35.7 Å². The van der Waals surface area contributed by atoms with Crippen molar-refractivity contribution in [2.45, 2.75) is 37.4 Å².